The van der Waals surface area contributed by atoms with Crippen LogP contribution in [0.3, 0.4) is 0 Å². The first-order chi connectivity index (χ1) is 14.9. The molecule has 0 aliphatic heterocycles. The fraction of sp³-hybridized carbons (Fsp3) is 0.238. The predicted octanol–water partition coefficient (Wildman–Crippen LogP) is 3.09. The van der Waals surface area contributed by atoms with Crippen LogP contribution in [-0.4, -0.2) is 43.3 Å². The van der Waals surface area contributed by atoms with Gasteiger partial charge in [-0.05, 0) is 18.9 Å². The van der Waals surface area contributed by atoms with Gasteiger partial charge in [0.1, 0.15) is 10.7 Å². The number of fused-ring (bicyclic) bond motifs is 1. The van der Waals surface area contributed by atoms with Gasteiger partial charge in [-0.2, -0.15) is 0 Å². The van der Waals surface area contributed by atoms with Crippen molar-refractivity contribution in [3.8, 4) is 23.1 Å². The summed E-state index contributed by atoms with van der Waals surface area (Å²) in [6, 6.07) is 1.84. The number of nitrogen functional groups attached to an aromatic ring is 1. The Labute approximate surface area is 187 Å². The molecular weight excluding hydrogens is 436 g/mol. The van der Waals surface area contributed by atoms with Gasteiger partial charge in [0.2, 0.25) is 5.95 Å². The monoisotopic (exact) mass is 454 g/mol. The quantitative estimate of drug-likeness (QED) is 0.445. The van der Waals surface area contributed by atoms with Gasteiger partial charge in [-0.25, -0.2) is 19.9 Å². The van der Waals surface area contributed by atoms with Gasteiger partial charge in [-0.15, -0.1) is 11.3 Å². The van der Waals surface area contributed by atoms with Gasteiger partial charge in [0.25, 0.3) is 0 Å². The number of rotatable bonds is 5. The maximum atomic E-state index is 10.6. The molecule has 8 nitrogen and oxygen atoms in total. The number of pyridine rings is 1. The van der Waals surface area contributed by atoms with Crippen molar-refractivity contribution in [2.45, 2.75) is 19.1 Å². The Kier molecular flexibility index (Phi) is 5.89. The molecule has 0 fully saturated rings. The zero-order valence-electron chi connectivity index (χ0n) is 16.8. The molecule has 0 spiro atoms. The van der Waals surface area contributed by atoms with Crippen molar-refractivity contribution in [3.05, 3.63) is 52.0 Å². The van der Waals surface area contributed by atoms with Gasteiger partial charge < -0.3 is 20.1 Å². The summed E-state index contributed by atoms with van der Waals surface area (Å²) in [4.78, 5) is 16.9. The van der Waals surface area contributed by atoms with Crippen molar-refractivity contribution in [2.75, 3.05) is 19.5 Å². The van der Waals surface area contributed by atoms with E-state index >= 15 is 0 Å². The van der Waals surface area contributed by atoms with Crippen molar-refractivity contribution in [1.82, 2.24) is 24.5 Å². The summed E-state index contributed by atoms with van der Waals surface area (Å²) in [5.41, 5.74) is 7.09. The highest BCUT2D eigenvalue weighted by molar-refractivity contribution is 7.09. The minimum absolute atomic E-state index is 0.130. The third kappa shape index (κ3) is 4.38. The van der Waals surface area contributed by atoms with Crippen LogP contribution in [0, 0.1) is 11.8 Å². The number of methoxy groups -OCH3 is 1. The molecule has 10 heteroatoms. The van der Waals surface area contributed by atoms with E-state index in [0.717, 1.165) is 16.5 Å². The van der Waals surface area contributed by atoms with Crippen molar-refractivity contribution < 1.29 is 9.84 Å². The molecule has 0 bridgehead atoms. The zero-order chi connectivity index (χ0) is 22.0. The Hall–Kier alpha value is -3.03. The minimum atomic E-state index is -1.37. The summed E-state index contributed by atoms with van der Waals surface area (Å²) in [5, 5.41) is 14.2. The molecule has 1 atom stereocenters. The Morgan fingerprint density at radius 1 is 1.32 bits per heavy atom. The first kappa shape index (κ1) is 21.2. The zero-order valence-corrected chi connectivity index (χ0v) is 18.4. The van der Waals surface area contributed by atoms with E-state index in [4.69, 9.17) is 22.1 Å². The fourth-order valence-electron chi connectivity index (χ4n) is 3.09. The summed E-state index contributed by atoms with van der Waals surface area (Å²) in [6.45, 7) is 2.76. The second-order valence-electron chi connectivity index (χ2n) is 6.90. The number of hydrogen-bond donors (Lipinski definition) is 2. The van der Waals surface area contributed by atoms with E-state index in [9.17, 15) is 5.11 Å². The molecule has 3 N–H and O–H groups in total. The summed E-state index contributed by atoms with van der Waals surface area (Å²) >= 11 is 7.71. The Balaban J connectivity index is 1.83. The van der Waals surface area contributed by atoms with Gasteiger partial charge >= 0.3 is 0 Å². The Morgan fingerprint density at radius 3 is 2.90 bits per heavy atom. The van der Waals surface area contributed by atoms with E-state index < -0.39 is 5.60 Å². The lowest BCUT2D eigenvalue weighted by Gasteiger charge is -2.11. The second kappa shape index (κ2) is 8.61. The smallest absolute Gasteiger partial charge is 0.220 e. The standard InChI is InChI=1S/C21H19ClN6O2S/c1-21(29,19-24-5-8-31-19)4-3-13-9-14-15(18-16(22)10-26-20(23)27-18)12-28(6-7-30-2)17(14)11-25-13/h5,8-12,29H,6-7H2,1-2H3,(H2,23,26,27). The lowest BCUT2D eigenvalue weighted by atomic mass is 10.1. The highest BCUT2D eigenvalue weighted by atomic mass is 35.5. The first-order valence-electron chi connectivity index (χ1n) is 9.31. The van der Waals surface area contributed by atoms with Gasteiger partial charge in [0.15, 0.2) is 5.60 Å². The second-order valence-corrected chi connectivity index (χ2v) is 8.20. The van der Waals surface area contributed by atoms with Crippen LogP contribution in [0.2, 0.25) is 5.02 Å². The summed E-state index contributed by atoms with van der Waals surface area (Å²) in [6.07, 6.45) is 6.77. The molecule has 0 aliphatic rings. The lowest BCUT2D eigenvalue weighted by molar-refractivity contribution is 0.122. The van der Waals surface area contributed by atoms with Crippen molar-refractivity contribution in [2.24, 2.45) is 0 Å². The molecule has 4 rings (SSSR count). The average molecular weight is 455 g/mol. The maximum Gasteiger partial charge on any atom is 0.220 e. The summed E-state index contributed by atoms with van der Waals surface area (Å²) in [7, 11) is 1.65. The predicted molar refractivity (Wildman–Crippen MR) is 121 cm³/mol. The fourth-order valence-corrected chi connectivity index (χ4v) is 3.94. The molecule has 0 saturated heterocycles. The van der Waals surface area contributed by atoms with Crippen LogP contribution in [0.1, 0.15) is 17.6 Å². The van der Waals surface area contributed by atoms with E-state index in [1.165, 1.54) is 17.5 Å². The van der Waals surface area contributed by atoms with Gasteiger partial charge in [0.05, 0.1) is 35.2 Å². The van der Waals surface area contributed by atoms with Crippen molar-refractivity contribution >= 4 is 39.8 Å². The average Bonchev–Trinajstić information content (AvgIpc) is 3.41. The number of nitrogens with two attached hydrogens (primary N) is 1. The largest absolute Gasteiger partial charge is 0.383 e. The van der Waals surface area contributed by atoms with E-state index in [-0.39, 0.29) is 5.95 Å². The van der Waals surface area contributed by atoms with Crippen LogP contribution in [0.25, 0.3) is 22.2 Å². The number of halogens is 1. The van der Waals surface area contributed by atoms with Gasteiger partial charge in [0, 0.05) is 42.4 Å². The molecular formula is C21H19ClN6O2S. The lowest BCUT2D eigenvalue weighted by Crippen LogP contribution is -2.18. The minimum Gasteiger partial charge on any atom is -0.383 e. The molecule has 4 aromatic heterocycles. The van der Waals surface area contributed by atoms with Crippen molar-refractivity contribution in [3.63, 3.8) is 0 Å². The third-order valence-electron chi connectivity index (χ3n) is 4.60. The van der Waals surface area contributed by atoms with E-state index in [1.807, 2.05) is 16.8 Å². The Bertz CT molecular complexity index is 1290. The molecule has 4 heterocycles. The molecule has 0 amide bonds. The van der Waals surface area contributed by atoms with Crippen LogP contribution >= 0.6 is 22.9 Å². The maximum absolute atomic E-state index is 10.6. The van der Waals surface area contributed by atoms with Crippen LogP contribution in [-0.2, 0) is 16.9 Å². The number of hydrogen-bond acceptors (Lipinski definition) is 8. The normalized spacial score (nSPS) is 13.0. The number of nitrogens with zero attached hydrogens (tertiary/aromatic N) is 5. The van der Waals surface area contributed by atoms with Crippen LogP contribution < -0.4 is 5.73 Å². The van der Waals surface area contributed by atoms with E-state index in [2.05, 4.69) is 31.8 Å². The molecule has 0 saturated carbocycles. The van der Waals surface area contributed by atoms with Crippen molar-refractivity contribution in [1.29, 1.82) is 0 Å². The first-order valence-corrected chi connectivity index (χ1v) is 10.6. The highest BCUT2D eigenvalue weighted by Crippen LogP contribution is 2.34. The summed E-state index contributed by atoms with van der Waals surface area (Å²) in [5.74, 6) is 5.94. The topological polar surface area (TPSA) is 112 Å². The summed E-state index contributed by atoms with van der Waals surface area (Å²) < 4.78 is 7.23. The molecule has 0 aliphatic carbocycles. The molecule has 1 unspecified atom stereocenters. The number of thiazole rings is 1. The molecule has 31 heavy (non-hydrogen) atoms. The van der Waals surface area contributed by atoms with Gasteiger partial charge in [-0.1, -0.05) is 17.5 Å². The number of ether oxygens (including phenoxy) is 1. The van der Waals surface area contributed by atoms with Crippen LogP contribution in [0.4, 0.5) is 5.95 Å². The van der Waals surface area contributed by atoms with E-state index in [1.54, 1.807) is 31.8 Å². The molecule has 4 aromatic rings. The highest BCUT2D eigenvalue weighted by Gasteiger charge is 2.23. The Morgan fingerprint density at radius 2 is 2.16 bits per heavy atom. The molecule has 0 aromatic carbocycles. The van der Waals surface area contributed by atoms with E-state index in [0.29, 0.717) is 34.6 Å². The molecule has 158 valence electrons. The third-order valence-corrected chi connectivity index (χ3v) is 5.86. The van der Waals surface area contributed by atoms with Gasteiger partial charge in [-0.3, -0.25) is 0 Å². The van der Waals surface area contributed by atoms with Crippen LogP contribution in [0.15, 0.2) is 36.2 Å². The number of anilines is 1. The SMILES string of the molecule is COCCn1cc(-c2nc(N)ncc2Cl)c2cc(C#CC(C)(O)c3nccs3)ncc21. The number of aliphatic hydroxyl groups is 1. The van der Waals surface area contributed by atoms with Crippen LogP contribution in [0.5, 0.6) is 0 Å². The molecule has 0 radical (unpaired) electrons. The number of aromatic nitrogens is 5.